The number of hydrogen-bond donors (Lipinski definition) is 3. The van der Waals surface area contributed by atoms with Crippen molar-refractivity contribution in [2.45, 2.75) is 32.9 Å². The van der Waals surface area contributed by atoms with Crippen LogP contribution in [0.15, 0.2) is 48.5 Å². The molecule has 0 aromatic heterocycles. The minimum absolute atomic E-state index is 0.114. The molecule has 1 fully saturated rings. The molecule has 3 amide bonds. The maximum atomic E-state index is 12.0. The van der Waals surface area contributed by atoms with Gasteiger partial charge >= 0.3 is 6.03 Å². The van der Waals surface area contributed by atoms with Gasteiger partial charge in [-0.25, -0.2) is 4.79 Å². The lowest BCUT2D eigenvalue weighted by Gasteiger charge is -2.11. The maximum Gasteiger partial charge on any atom is 0.319 e. The zero-order chi connectivity index (χ0) is 19.3. The van der Waals surface area contributed by atoms with Crippen molar-refractivity contribution in [1.29, 1.82) is 0 Å². The van der Waals surface area contributed by atoms with Crippen LogP contribution in [0.4, 0.5) is 10.5 Å². The van der Waals surface area contributed by atoms with E-state index in [1.54, 1.807) is 7.11 Å². The minimum atomic E-state index is -0.270. The molecular formula is C21H25N3O3. The molecule has 1 aliphatic carbocycles. The second kappa shape index (κ2) is 8.12. The highest BCUT2D eigenvalue weighted by atomic mass is 16.5. The summed E-state index contributed by atoms with van der Waals surface area (Å²) in [7, 11) is 1.62. The number of anilines is 1. The van der Waals surface area contributed by atoms with Crippen LogP contribution in [0.5, 0.6) is 5.75 Å². The SMILES string of the molecule is COc1ccc(CNC(=O)Nc2ccc(CNC(=O)C3(C)CC3)cc2)cc1. The number of ether oxygens (including phenoxy) is 1. The first-order chi connectivity index (χ1) is 13.0. The van der Waals surface area contributed by atoms with E-state index in [0.717, 1.165) is 29.7 Å². The minimum Gasteiger partial charge on any atom is -0.497 e. The zero-order valence-corrected chi connectivity index (χ0v) is 15.7. The second-order valence-electron chi connectivity index (χ2n) is 7.10. The van der Waals surface area contributed by atoms with Crippen molar-refractivity contribution in [3.8, 4) is 5.75 Å². The molecule has 27 heavy (non-hydrogen) atoms. The molecule has 3 rings (SSSR count). The largest absolute Gasteiger partial charge is 0.497 e. The summed E-state index contributed by atoms with van der Waals surface area (Å²) < 4.78 is 5.11. The molecule has 2 aromatic rings. The summed E-state index contributed by atoms with van der Waals surface area (Å²) in [6.07, 6.45) is 1.93. The maximum absolute atomic E-state index is 12.0. The quantitative estimate of drug-likeness (QED) is 0.701. The summed E-state index contributed by atoms with van der Waals surface area (Å²) in [6.45, 7) is 2.91. The Balaban J connectivity index is 1.43. The van der Waals surface area contributed by atoms with Gasteiger partial charge in [0.25, 0.3) is 0 Å². The Morgan fingerprint density at radius 3 is 2.04 bits per heavy atom. The molecule has 0 heterocycles. The number of benzene rings is 2. The van der Waals surface area contributed by atoms with Crippen molar-refractivity contribution in [1.82, 2.24) is 10.6 Å². The van der Waals surface area contributed by atoms with Crippen LogP contribution in [0.3, 0.4) is 0 Å². The fourth-order valence-electron chi connectivity index (χ4n) is 2.62. The highest BCUT2D eigenvalue weighted by Gasteiger charge is 2.44. The molecule has 0 unspecified atom stereocenters. The van der Waals surface area contributed by atoms with Crippen molar-refractivity contribution in [3.63, 3.8) is 0 Å². The summed E-state index contributed by atoms with van der Waals surface area (Å²) in [5.74, 6) is 0.897. The molecular weight excluding hydrogens is 342 g/mol. The number of carbonyl (C=O) groups excluding carboxylic acids is 2. The van der Waals surface area contributed by atoms with Gasteiger partial charge in [-0.1, -0.05) is 31.2 Å². The van der Waals surface area contributed by atoms with Gasteiger partial charge in [0.1, 0.15) is 5.75 Å². The third-order valence-electron chi connectivity index (χ3n) is 4.83. The number of nitrogens with one attached hydrogen (secondary N) is 3. The molecule has 0 radical (unpaired) electrons. The van der Waals surface area contributed by atoms with Crippen molar-refractivity contribution >= 4 is 17.6 Å². The number of urea groups is 1. The fourth-order valence-corrected chi connectivity index (χ4v) is 2.62. The predicted molar refractivity (Wildman–Crippen MR) is 104 cm³/mol. The number of amides is 3. The van der Waals surface area contributed by atoms with Gasteiger partial charge in [-0.3, -0.25) is 4.79 Å². The Bertz CT molecular complexity index is 796. The zero-order valence-electron chi connectivity index (χ0n) is 15.7. The third-order valence-corrected chi connectivity index (χ3v) is 4.83. The molecule has 1 saturated carbocycles. The second-order valence-corrected chi connectivity index (χ2v) is 7.10. The summed E-state index contributed by atoms with van der Waals surface area (Å²) in [5, 5.41) is 8.57. The van der Waals surface area contributed by atoms with E-state index in [2.05, 4.69) is 16.0 Å². The lowest BCUT2D eigenvalue weighted by atomic mass is 10.1. The molecule has 0 atom stereocenters. The predicted octanol–water partition coefficient (Wildman–Crippen LogP) is 3.43. The average molecular weight is 367 g/mol. The number of methoxy groups -OCH3 is 1. The van der Waals surface area contributed by atoms with E-state index in [9.17, 15) is 9.59 Å². The topological polar surface area (TPSA) is 79.5 Å². The Morgan fingerprint density at radius 2 is 1.48 bits per heavy atom. The number of carbonyl (C=O) groups is 2. The molecule has 0 spiro atoms. The van der Waals surface area contributed by atoms with Gasteiger partial charge in [0.05, 0.1) is 7.11 Å². The molecule has 0 saturated heterocycles. The van der Waals surface area contributed by atoms with Crippen LogP contribution in [0, 0.1) is 5.41 Å². The molecule has 1 aliphatic rings. The van der Waals surface area contributed by atoms with Crippen LogP contribution < -0.4 is 20.7 Å². The van der Waals surface area contributed by atoms with Gasteiger partial charge in [0.2, 0.25) is 5.91 Å². The van der Waals surface area contributed by atoms with E-state index in [-0.39, 0.29) is 17.4 Å². The van der Waals surface area contributed by atoms with Crippen molar-refractivity contribution in [3.05, 3.63) is 59.7 Å². The van der Waals surface area contributed by atoms with Gasteiger partial charge in [-0.05, 0) is 48.2 Å². The van der Waals surface area contributed by atoms with Crippen LogP contribution in [-0.4, -0.2) is 19.0 Å². The highest BCUT2D eigenvalue weighted by Crippen LogP contribution is 2.45. The van der Waals surface area contributed by atoms with Gasteiger partial charge in [-0.15, -0.1) is 0 Å². The lowest BCUT2D eigenvalue weighted by molar-refractivity contribution is -0.125. The molecule has 6 heteroatoms. The Labute approximate surface area is 159 Å². The first kappa shape index (κ1) is 18.8. The summed E-state index contributed by atoms with van der Waals surface area (Å²) in [6, 6.07) is 14.7. The Hall–Kier alpha value is -3.02. The fraction of sp³-hybridized carbons (Fsp3) is 0.333. The number of hydrogen-bond acceptors (Lipinski definition) is 3. The van der Waals surface area contributed by atoms with Crippen LogP contribution in [0.25, 0.3) is 0 Å². The van der Waals surface area contributed by atoms with Crippen molar-refractivity contribution in [2.75, 3.05) is 12.4 Å². The average Bonchev–Trinajstić information content (AvgIpc) is 3.45. The normalized spacial score (nSPS) is 14.1. The van der Waals surface area contributed by atoms with Crippen molar-refractivity contribution < 1.29 is 14.3 Å². The van der Waals surface area contributed by atoms with E-state index in [0.29, 0.717) is 18.8 Å². The molecule has 142 valence electrons. The molecule has 6 nitrogen and oxygen atoms in total. The smallest absolute Gasteiger partial charge is 0.319 e. The van der Waals surface area contributed by atoms with Crippen LogP contribution >= 0.6 is 0 Å². The summed E-state index contributed by atoms with van der Waals surface area (Å²) in [5.41, 5.74) is 2.52. The van der Waals surface area contributed by atoms with E-state index < -0.39 is 0 Å². The van der Waals surface area contributed by atoms with Gasteiger partial charge in [0, 0.05) is 24.2 Å². The molecule has 0 bridgehead atoms. The molecule has 3 N–H and O–H groups in total. The van der Waals surface area contributed by atoms with E-state index >= 15 is 0 Å². The van der Waals surface area contributed by atoms with E-state index in [4.69, 9.17) is 4.74 Å². The third kappa shape index (κ3) is 5.23. The summed E-state index contributed by atoms with van der Waals surface area (Å²) >= 11 is 0. The summed E-state index contributed by atoms with van der Waals surface area (Å²) in [4.78, 5) is 24.0. The van der Waals surface area contributed by atoms with Gasteiger partial charge in [-0.2, -0.15) is 0 Å². The van der Waals surface area contributed by atoms with E-state index in [1.807, 2.05) is 55.5 Å². The monoisotopic (exact) mass is 367 g/mol. The lowest BCUT2D eigenvalue weighted by Crippen LogP contribution is -2.29. The van der Waals surface area contributed by atoms with Crippen LogP contribution in [0.1, 0.15) is 30.9 Å². The van der Waals surface area contributed by atoms with Crippen molar-refractivity contribution in [2.24, 2.45) is 5.41 Å². The van der Waals surface area contributed by atoms with E-state index in [1.165, 1.54) is 0 Å². The van der Waals surface area contributed by atoms with Gasteiger partial charge < -0.3 is 20.7 Å². The molecule has 0 aliphatic heterocycles. The van der Waals surface area contributed by atoms with Gasteiger partial charge in [0.15, 0.2) is 0 Å². The van der Waals surface area contributed by atoms with Crippen LogP contribution in [0.2, 0.25) is 0 Å². The Kier molecular flexibility index (Phi) is 5.64. The Morgan fingerprint density at radius 1 is 0.926 bits per heavy atom. The first-order valence-electron chi connectivity index (χ1n) is 9.03. The number of rotatable bonds is 7. The standard InChI is InChI=1S/C21H25N3O3/c1-21(11-12-21)19(25)22-13-15-3-7-17(8-4-15)24-20(26)23-14-16-5-9-18(27-2)10-6-16/h3-10H,11-14H2,1-2H3,(H,22,25)(H2,23,24,26). The van der Waals surface area contributed by atoms with Crippen LogP contribution in [-0.2, 0) is 17.9 Å². The first-order valence-corrected chi connectivity index (χ1v) is 9.03. The highest BCUT2D eigenvalue weighted by molar-refractivity contribution is 5.89. The molecule has 2 aromatic carbocycles.